The van der Waals surface area contributed by atoms with E-state index in [1.165, 1.54) is 19.1 Å². The Labute approximate surface area is 175 Å². The average Bonchev–Trinajstić information content (AvgIpc) is 2.69. The molecule has 8 nitrogen and oxygen atoms in total. The van der Waals surface area contributed by atoms with Gasteiger partial charge in [0.2, 0.25) is 5.69 Å². The molecule has 1 heterocycles. The molecule has 0 fully saturated rings. The number of ether oxygens (including phenoxy) is 1. The number of aromatic nitrogens is 2. The maximum absolute atomic E-state index is 13.1. The Morgan fingerprint density at radius 3 is 2.47 bits per heavy atom. The van der Waals surface area contributed by atoms with Crippen LogP contribution in [0.3, 0.4) is 0 Å². The highest BCUT2D eigenvalue weighted by molar-refractivity contribution is 7.87. The van der Waals surface area contributed by atoms with Crippen molar-refractivity contribution in [3.8, 4) is 11.4 Å². The van der Waals surface area contributed by atoms with E-state index in [4.69, 9.17) is 20.5 Å². The van der Waals surface area contributed by atoms with Crippen molar-refractivity contribution in [2.45, 2.75) is 11.8 Å². The van der Waals surface area contributed by atoms with Crippen LogP contribution in [0, 0.1) is 5.82 Å². The quantitative estimate of drug-likeness (QED) is 0.418. The van der Waals surface area contributed by atoms with E-state index in [1.807, 2.05) is 0 Å². The Bertz CT molecular complexity index is 1260. The highest BCUT2D eigenvalue weighted by Crippen LogP contribution is 2.23. The lowest BCUT2D eigenvalue weighted by atomic mass is 10.3. The van der Waals surface area contributed by atoms with Gasteiger partial charge in [-0.15, -0.1) is 0 Å². The number of halogens is 2. The molecule has 30 heavy (non-hydrogen) atoms. The summed E-state index contributed by atoms with van der Waals surface area (Å²) in [5.74, 6) is -2.29. The fourth-order valence-corrected chi connectivity index (χ4v) is 3.55. The first-order chi connectivity index (χ1) is 14.2. The Morgan fingerprint density at radius 1 is 1.17 bits per heavy atom. The topological polar surface area (TPSA) is 105 Å². The standard InChI is InChI=1S/C19H14ClFN2O6S/c1-2-28-19(25)18-16(29-30(26,27)13-9-7-12(21)8-10-13)11-17(24)23(22-18)15-6-4-3-5-14(15)20/h3-11H,2H2,1H3. The van der Waals surface area contributed by atoms with Gasteiger partial charge in [-0.1, -0.05) is 23.7 Å². The molecule has 0 aliphatic rings. The zero-order valence-electron chi connectivity index (χ0n) is 15.4. The summed E-state index contributed by atoms with van der Waals surface area (Å²) in [7, 11) is -4.49. The summed E-state index contributed by atoms with van der Waals surface area (Å²) in [6.07, 6.45) is 0. The van der Waals surface area contributed by atoms with Gasteiger partial charge in [0.1, 0.15) is 10.7 Å². The third kappa shape index (κ3) is 4.50. The zero-order chi connectivity index (χ0) is 21.9. The van der Waals surface area contributed by atoms with E-state index >= 15 is 0 Å². The van der Waals surface area contributed by atoms with Crippen molar-refractivity contribution in [3.63, 3.8) is 0 Å². The summed E-state index contributed by atoms with van der Waals surface area (Å²) < 4.78 is 48.8. The lowest BCUT2D eigenvalue weighted by molar-refractivity contribution is 0.0515. The number of hydrogen-bond donors (Lipinski definition) is 0. The summed E-state index contributed by atoms with van der Waals surface area (Å²) in [5.41, 5.74) is -1.19. The minimum absolute atomic E-state index is 0.0319. The highest BCUT2D eigenvalue weighted by Gasteiger charge is 2.26. The molecule has 0 spiro atoms. The van der Waals surface area contributed by atoms with Crippen molar-refractivity contribution in [1.29, 1.82) is 0 Å². The summed E-state index contributed by atoms with van der Waals surface area (Å²) in [5, 5.41) is 4.09. The van der Waals surface area contributed by atoms with Crippen LogP contribution < -0.4 is 9.74 Å². The van der Waals surface area contributed by atoms with E-state index < -0.39 is 38.9 Å². The van der Waals surface area contributed by atoms with Crippen LogP contribution in [0.25, 0.3) is 5.69 Å². The van der Waals surface area contributed by atoms with Gasteiger partial charge >= 0.3 is 16.1 Å². The van der Waals surface area contributed by atoms with Crippen LogP contribution >= 0.6 is 11.6 Å². The summed E-state index contributed by atoms with van der Waals surface area (Å²) in [6, 6.07) is 10.8. The van der Waals surface area contributed by atoms with Gasteiger partial charge in [0.05, 0.1) is 23.4 Å². The molecule has 0 atom stereocenters. The second-order valence-corrected chi connectivity index (χ2v) is 7.72. The van der Waals surface area contributed by atoms with Crippen LogP contribution in [-0.2, 0) is 14.9 Å². The second-order valence-electron chi connectivity index (χ2n) is 5.77. The number of carbonyl (C=O) groups excluding carboxylic acids is 1. The van der Waals surface area contributed by atoms with Gasteiger partial charge in [0.15, 0.2) is 5.75 Å². The van der Waals surface area contributed by atoms with E-state index in [9.17, 15) is 22.4 Å². The minimum Gasteiger partial charge on any atom is -0.461 e. The van der Waals surface area contributed by atoms with Crippen molar-refractivity contribution in [2.24, 2.45) is 0 Å². The minimum atomic E-state index is -4.49. The van der Waals surface area contributed by atoms with Gasteiger partial charge in [0, 0.05) is 0 Å². The smallest absolute Gasteiger partial charge is 0.362 e. The molecule has 0 saturated heterocycles. The van der Waals surface area contributed by atoms with E-state index in [2.05, 4.69) is 5.10 Å². The van der Waals surface area contributed by atoms with E-state index in [-0.39, 0.29) is 22.2 Å². The van der Waals surface area contributed by atoms with Crippen molar-refractivity contribution in [2.75, 3.05) is 6.61 Å². The zero-order valence-corrected chi connectivity index (χ0v) is 17.0. The predicted octanol–water partition coefficient (Wildman–Crippen LogP) is 2.97. The van der Waals surface area contributed by atoms with Gasteiger partial charge in [-0.3, -0.25) is 4.79 Å². The largest absolute Gasteiger partial charge is 0.461 e. The van der Waals surface area contributed by atoms with E-state index in [0.717, 1.165) is 35.0 Å². The lowest BCUT2D eigenvalue weighted by Crippen LogP contribution is -2.26. The van der Waals surface area contributed by atoms with Crippen molar-refractivity contribution < 1.29 is 26.5 Å². The van der Waals surface area contributed by atoms with Gasteiger partial charge in [0.25, 0.3) is 5.56 Å². The molecular formula is C19H14ClFN2O6S. The SMILES string of the molecule is CCOC(=O)c1nn(-c2ccccc2Cl)c(=O)cc1OS(=O)(=O)c1ccc(F)cc1. The lowest BCUT2D eigenvalue weighted by Gasteiger charge is -2.13. The van der Waals surface area contributed by atoms with Gasteiger partial charge < -0.3 is 8.92 Å². The van der Waals surface area contributed by atoms with Crippen molar-refractivity contribution in [1.82, 2.24) is 9.78 Å². The molecule has 0 saturated carbocycles. The number of carbonyl (C=O) groups is 1. The van der Waals surface area contributed by atoms with Crippen LogP contribution in [0.5, 0.6) is 5.75 Å². The number of para-hydroxylation sites is 1. The van der Waals surface area contributed by atoms with Crippen LogP contribution in [0.2, 0.25) is 5.02 Å². The Balaban J connectivity index is 2.13. The van der Waals surface area contributed by atoms with Gasteiger partial charge in [-0.2, -0.15) is 18.2 Å². The fraction of sp³-hybridized carbons (Fsp3) is 0.105. The summed E-state index contributed by atoms with van der Waals surface area (Å²) >= 11 is 6.09. The first-order valence-corrected chi connectivity index (χ1v) is 10.3. The average molecular weight is 453 g/mol. The molecule has 0 radical (unpaired) electrons. The van der Waals surface area contributed by atoms with E-state index in [1.54, 1.807) is 12.1 Å². The van der Waals surface area contributed by atoms with Gasteiger partial charge in [-0.25, -0.2) is 9.18 Å². The van der Waals surface area contributed by atoms with Crippen molar-refractivity contribution in [3.05, 3.63) is 81.5 Å². The van der Waals surface area contributed by atoms with Crippen LogP contribution in [-0.4, -0.2) is 30.8 Å². The van der Waals surface area contributed by atoms with Crippen LogP contribution in [0.4, 0.5) is 4.39 Å². The highest BCUT2D eigenvalue weighted by atomic mass is 35.5. The molecule has 3 rings (SSSR count). The summed E-state index contributed by atoms with van der Waals surface area (Å²) in [4.78, 5) is 24.5. The Kier molecular flexibility index (Phi) is 6.18. The molecule has 0 aliphatic carbocycles. The molecule has 0 bridgehead atoms. The predicted molar refractivity (Wildman–Crippen MR) is 105 cm³/mol. The first-order valence-electron chi connectivity index (χ1n) is 8.49. The first kappa shape index (κ1) is 21.5. The van der Waals surface area contributed by atoms with E-state index in [0.29, 0.717) is 0 Å². The Morgan fingerprint density at radius 2 is 1.83 bits per heavy atom. The second kappa shape index (κ2) is 8.64. The maximum Gasteiger partial charge on any atom is 0.362 e. The maximum atomic E-state index is 13.1. The third-order valence-corrected chi connectivity index (χ3v) is 5.32. The van der Waals surface area contributed by atoms with Crippen LogP contribution in [0.1, 0.15) is 17.4 Å². The molecule has 11 heteroatoms. The molecule has 0 aliphatic heterocycles. The number of rotatable bonds is 6. The Hall–Kier alpha value is -3.24. The molecular weight excluding hydrogens is 439 g/mol. The molecule has 0 unspecified atom stereocenters. The molecule has 0 N–H and O–H groups in total. The number of esters is 1. The number of nitrogens with zero attached hydrogens (tertiary/aromatic N) is 2. The van der Waals surface area contributed by atoms with Crippen molar-refractivity contribution >= 4 is 27.7 Å². The monoisotopic (exact) mass is 452 g/mol. The van der Waals surface area contributed by atoms with Gasteiger partial charge in [-0.05, 0) is 43.3 Å². The van der Waals surface area contributed by atoms with Crippen LogP contribution in [0.15, 0.2) is 64.3 Å². The number of benzene rings is 2. The summed E-state index contributed by atoms with van der Waals surface area (Å²) in [6.45, 7) is 1.51. The molecule has 0 amide bonds. The number of hydrogen-bond acceptors (Lipinski definition) is 7. The fourth-order valence-electron chi connectivity index (χ4n) is 2.41. The molecule has 2 aromatic carbocycles. The normalized spacial score (nSPS) is 11.2. The molecule has 156 valence electrons. The molecule has 1 aromatic heterocycles. The third-order valence-electron chi connectivity index (χ3n) is 3.75. The molecule has 3 aromatic rings.